The molecule has 8 nitrogen and oxygen atoms in total. The van der Waals surface area contributed by atoms with E-state index in [0.717, 1.165) is 22.4 Å². The number of amides is 1. The molecule has 8 heteroatoms. The van der Waals surface area contributed by atoms with Crippen molar-refractivity contribution >= 4 is 11.4 Å². The van der Waals surface area contributed by atoms with E-state index in [0.29, 0.717) is 24.3 Å². The number of H-pyrrole nitrogens is 1. The Hall–Kier alpha value is -3.91. The number of hydrogen-bond acceptors (Lipinski definition) is 5. The SMILES string of the molecule is COc1ccc(C2(NC(=O)c3cc4c(=O)[nH]c(-c5ccc(C)c(C)c5)cn4n3)CNC2)cc1. The zero-order valence-corrected chi connectivity index (χ0v) is 18.7. The van der Waals surface area contributed by atoms with E-state index in [-0.39, 0.29) is 17.2 Å². The lowest BCUT2D eigenvalue weighted by Crippen LogP contribution is -2.66. The molecule has 1 aliphatic heterocycles. The number of carbonyl (C=O) groups is 1. The number of methoxy groups -OCH3 is 1. The molecule has 1 aliphatic rings. The minimum Gasteiger partial charge on any atom is -0.497 e. The Morgan fingerprint density at radius 2 is 1.85 bits per heavy atom. The van der Waals surface area contributed by atoms with Gasteiger partial charge in [-0.05, 0) is 54.3 Å². The summed E-state index contributed by atoms with van der Waals surface area (Å²) in [5.41, 5.74) is 4.50. The minimum absolute atomic E-state index is 0.192. The third kappa shape index (κ3) is 3.68. The summed E-state index contributed by atoms with van der Waals surface area (Å²) in [7, 11) is 1.62. The van der Waals surface area contributed by atoms with Crippen LogP contribution in [0, 0.1) is 13.8 Å². The highest BCUT2D eigenvalue weighted by Gasteiger charge is 2.40. The summed E-state index contributed by atoms with van der Waals surface area (Å²) in [5, 5.41) is 10.7. The summed E-state index contributed by atoms with van der Waals surface area (Å²) in [6.07, 6.45) is 1.74. The van der Waals surface area contributed by atoms with Crippen molar-refractivity contribution in [1.29, 1.82) is 0 Å². The van der Waals surface area contributed by atoms with Crippen LogP contribution in [0.1, 0.15) is 27.2 Å². The molecule has 168 valence electrons. The molecule has 4 aromatic rings. The summed E-state index contributed by atoms with van der Waals surface area (Å²) in [4.78, 5) is 28.7. The number of aryl methyl sites for hydroxylation is 2. The largest absolute Gasteiger partial charge is 0.497 e. The molecule has 0 bridgehead atoms. The zero-order valence-electron chi connectivity index (χ0n) is 18.7. The number of nitrogens with zero attached hydrogens (tertiary/aromatic N) is 2. The van der Waals surface area contributed by atoms with Gasteiger partial charge >= 0.3 is 0 Å². The third-order valence-corrected chi connectivity index (χ3v) is 6.37. The van der Waals surface area contributed by atoms with Crippen molar-refractivity contribution in [3.05, 3.63) is 87.5 Å². The van der Waals surface area contributed by atoms with Crippen molar-refractivity contribution in [2.45, 2.75) is 19.4 Å². The monoisotopic (exact) mass is 443 g/mol. The Kier molecular flexibility index (Phi) is 5.02. The van der Waals surface area contributed by atoms with Crippen LogP contribution in [0.15, 0.2) is 59.5 Å². The summed E-state index contributed by atoms with van der Waals surface area (Å²) < 4.78 is 6.70. The minimum atomic E-state index is -0.532. The number of ether oxygens (including phenoxy) is 1. The highest BCUT2D eigenvalue weighted by Crippen LogP contribution is 2.28. The predicted molar refractivity (Wildman–Crippen MR) is 126 cm³/mol. The van der Waals surface area contributed by atoms with Crippen LogP contribution in [0.2, 0.25) is 0 Å². The first-order valence-electron chi connectivity index (χ1n) is 10.8. The maximum Gasteiger partial charge on any atom is 0.274 e. The maximum absolute atomic E-state index is 13.1. The molecule has 0 radical (unpaired) electrons. The van der Waals surface area contributed by atoms with Crippen molar-refractivity contribution in [2.24, 2.45) is 0 Å². The van der Waals surface area contributed by atoms with E-state index < -0.39 is 5.54 Å². The molecular formula is C25H25N5O3. The van der Waals surface area contributed by atoms with Crippen molar-refractivity contribution in [1.82, 2.24) is 25.2 Å². The fraction of sp³-hybridized carbons (Fsp3) is 0.240. The van der Waals surface area contributed by atoms with Crippen molar-refractivity contribution in [2.75, 3.05) is 20.2 Å². The third-order valence-electron chi connectivity index (χ3n) is 6.37. The van der Waals surface area contributed by atoms with Crippen LogP contribution in [0.25, 0.3) is 16.8 Å². The Bertz CT molecular complexity index is 1410. The van der Waals surface area contributed by atoms with Crippen LogP contribution in [-0.4, -0.2) is 40.7 Å². The first kappa shape index (κ1) is 21.0. The number of fused-ring (bicyclic) bond motifs is 1. The molecule has 0 saturated carbocycles. The van der Waals surface area contributed by atoms with Crippen LogP contribution in [0.5, 0.6) is 5.75 Å². The summed E-state index contributed by atoms with van der Waals surface area (Å²) in [6, 6.07) is 15.2. The summed E-state index contributed by atoms with van der Waals surface area (Å²) in [6.45, 7) is 5.28. The number of aromatic nitrogens is 3. The van der Waals surface area contributed by atoms with E-state index in [1.807, 2.05) is 56.3 Å². The number of aromatic amines is 1. The van der Waals surface area contributed by atoms with Gasteiger partial charge in [-0.2, -0.15) is 5.10 Å². The second-order valence-corrected chi connectivity index (χ2v) is 8.52. The fourth-order valence-corrected chi connectivity index (χ4v) is 4.10. The van der Waals surface area contributed by atoms with E-state index in [2.05, 4.69) is 20.7 Å². The zero-order chi connectivity index (χ0) is 23.2. The lowest BCUT2D eigenvalue weighted by Gasteiger charge is -2.43. The normalized spacial score (nSPS) is 14.6. The average Bonchev–Trinajstić information content (AvgIpc) is 3.23. The smallest absolute Gasteiger partial charge is 0.274 e. The molecule has 0 spiro atoms. The van der Waals surface area contributed by atoms with Crippen LogP contribution < -0.4 is 20.9 Å². The lowest BCUT2D eigenvalue weighted by atomic mass is 9.84. The van der Waals surface area contributed by atoms with Gasteiger partial charge in [0.1, 0.15) is 11.3 Å². The molecule has 1 fully saturated rings. The van der Waals surface area contributed by atoms with E-state index in [1.54, 1.807) is 13.3 Å². The Morgan fingerprint density at radius 3 is 2.48 bits per heavy atom. The van der Waals surface area contributed by atoms with Crippen molar-refractivity contribution < 1.29 is 9.53 Å². The predicted octanol–water partition coefficient (Wildman–Crippen LogP) is 2.54. The number of carbonyl (C=O) groups excluding carboxylic acids is 1. The maximum atomic E-state index is 13.1. The highest BCUT2D eigenvalue weighted by atomic mass is 16.5. The molecule has 1 amide bonds. The first-order valence-corrected chi connectivity index (χ1v) is 10.8. The molecule has 5 rings (SSSR count). The van der Waals surface area contributed by atoms with E-state index in [4.69, 9.17) is 4.74 Å². The van der Waals surface area contributed by atoms with Crippen LogP contribution in [0.4, 0.5) is 0 Å². The quantitative estimate of drug-likeness (QED) is 0.440. The van der Waals surface area contributed by atoms with Gasteiger partial charge < -0.3 is 20.4 Å². The van der Waals surface area contributed by atoms with E-state index >= 15 is 0 Å². The van der Waals surface area contributed by atoms with Gasteiger partial charge in [-0.3, -0.25) is 9.59 Å². The van der Waals surface area contributed by atoms with Crippen molar-refractivity contribution in [3.63, 3.8) is 0 Å². The Morgan fingerprint density at radius 1 is 1.09 bits per heavy atom. The molecule has 2 aromatic heterocycles. The van der Waals surface area contributed by atoms with Gasteiger partial charge in [-0.15, -0.1) is 0 Å². The van der Waals surface area contributed by atoms with Gasteiger partial charge in [0.2, 0.25) is 0 Å². The highest BCUT2D eigenvalue weighted by molar-refractivity contribution is 5.94. The molecule has 3 heterocycles. The van der Waals surface area contributed by atoms with Crippen LogP contribution in [0.3, 0.4) is 0 Å². The average molecular weight is 444 g/mol. The van der Waals surface area contributed by atoms with E-state index in [1.165, 1.54) is 16.1 Å². The second-order valence-electron chi connectivity index (χ2n) is 8.52. The summed E-state index contributed by atoms with van der Waals surface area (Å²) >= 11 is 0. The molecule has 0 aliphatic carbocycles. The number of rotatable bonds is 5. The Labute approximate surface area is 190 Å². The van der Waals surface area contributed by atoms with Gasteiger partial charge in [0, 0.05) is 19.2 Å². The lowest BCUT2D eigenvalue weighted by molar-refractivity contribution is 0.0847. The van der Waals surface area contributed by atoms with Gasteiger partial charge in [-0.1, -0.05) is 24.3 Å². The van der Waals surface area contributed by atoms with Gasteiger partial charge in [0.25, 0.3) is 11.5 Å². The van der Waals surface area contributed by atoms with Crippen LogP contribution in [-0.2, 0) is 5.54 Å². The number of nitrogens with one attached hydrogen (secondary N) is 3. The Balaban J connectivity index is 1.45. The van der Waals surface area contributed by atoms with Gasteiger partial charge in [0.05, 0.1) is 24.5 Å². The van der Waals surface area contributed by atoms with Gasteiger partial charge in [0.15, 0.2) is 5.69 Å². The molecule has 0 unspecified atom stereocenters. The first-order chi connectivity index (χ1) is 15.9. The van der Waals surface area contributed by atoms with E-state index in [9.17, 15) is 9.59 Å². The van der Waals surface area contributed by atoms with Gasteiger partial charge in [-0.25, -0.2) is 4.52 Å². The van der Waals surface area contributed by atoms with Crippen LogP contribution >= 0.6 is 0 Å². The molecule has 0 atom stereocenters. The second kappa shape index (κ2) is 7.90. The molecule has 33 heavy (non-hydrogen) atoms. The molecular weight excluding hydrogens is 418 g/mol. The summed E-state index contributed by atoms with van der Waals surface area (Å²) in [5.74, 6) is 0.426. The number of hydrogen-bond donors (Lipinski definition) is 3. The number of benzene rings is 2. The molecule has 3 N–H and O–H groups in total. The molecule has 2 aromatic carbocycles. The van der Waals surface area contributed by atoms with Crippen molar-refractivity contribution in [3.8, 4) is 17.0 Å². The molecule has 1 saturated heterocycles. The topological polar surface area (TPSA) is 101 Å². The fourth-order valence-electron chi connectivity index (χ4n) is 4.10. The standard InChI is InChI=1S/C25H25N5O3/c1-15-4-5-17(10-16(15)2)21-12-30-22(24(32)27-21)11-20(29-30)23(31)28-25(13-26-14-25)18-6-8-19(33-3)9-7-18/h4-12,26H,13-14H2,1-3H3,(H,27,32)(H,28,31).